The smallest absolute Gasteiger partial charge is 0.309 e. The molecule has 5 heteroatoms. The lowest BCUT2D eigenvalue weighted by Gasteiger charge is -2.19. The number of carbonyl (C=O) groups is 1. The van der Waals surface area contributed by atoms with E-state index in [9.17, 15) is 15.0 Å². The highest BCUT2D eigenvalue weighted by atomic mass is 16.5. The fraction of sp³-hybridized carbons (Fsp3) is 0.350. The van der Waals surface area contributed by atoms with Crippen LogP contribution in [0.1, 0.15) is 17.5 Å². The summed E-state index contributed by atoms with van der Waals surface area (Å²) >= 11 is 0. The van der Waals surface area contributed by atoms with Crippen LogP contribution < -0.4 is 0 Å². The first-order chi connectivity index (χ1) is 12.2. The van der Waals surface area contributed by atoms with Crippen LogP contribution in [-0.4, -0.2) is 35.5 Å². The molecule has 0 bridgehead atoms. The van der Waals surface area contributed by atoms with E-state index < -0.39 is 18.0 Å². The molecule has 2 atom stereocenters. The minimum absolute atomic E-state index is 0.0233. The van der Waals surface area contributed by atoms with Crippen molar-refractivity contribution in [1.29, 1.82) is 0 Å². The number of benzene rings is 2. The van der Waals surface area contributed by atoms with Crippen molar-refractivity contribution in [2.45, 2.75) is 25.7 Å². The molecule has 0 radical (unpaired) electrons. The summed E-state index contributed by atoms with van der Waals surface area (Å²) in [7, 11) is 0. The van der Waals surface area contributed by atoms with Crippen LogP contribution in [-0.2, 0) is 27.5 Å². The van der Waals surface area contributed by atoms with E-state index >= 15 is 0 Å². The minimum Gasteiger partial charge on any atom is -0.481 e. The molecule has 25 heavy (non-hydrogen) atoms. The predicted molar refractivity (Wildman–Crippen MR) is 93.9 cm³/mol. The molecule has 0 aliphatic heterocycles. The first-order valence-electron chi connectivity index (χ1n) is 8.31. The van der Waals surface area contributed by atoms with E-state index in [-0.39, 0.29) is 19.6 Å². The number of hydrogen-bond donors (Lipinski definition) is 2. The first-order valence-corrected chi connectivity index (χ1v) is 8.31. The molecule has 0 saturated heterocycles. The maximum Gasteiger partial charge on any atom is 0.309 e. The Morgan fingerprint density at radius 2 is 1.40 bits per heavy atom. The third kappa shape index (κ3) is 7.05. The number of carboxylic acid groups (broad SMARTS) is 1. The van der Waals surface area contributed by atoms with E-state index in [4.69, 9.17) is 9.47 Å². The number of rotatable bonds is 11. The zero-order valence-corrected chi connectivity index (χ0v) is 14.1. The SMILES string of the molecule is O=C(O)[C@H](CCOCc1ccccc1)[C@@H](O)COCc1ccccc1. The van der Waals surface area contributed by atoms with Gasteiger partial charge in [0.2, 0.25) is 0 Å². The molecule has 0 fully saturated rings. The van der Waals surface area contributed by atoms with Crippen molar-refractivity contribution in [3.63, 3.8) is 0 Å². The number of aliphatic hydroxyl groups is 1. The molecule has 0 aromatic heterocycles. The first kappa shape index (κ1) is 19.1. The Labute approximate surface area is 147 Å². The normalized spacial score (nSPS) is 13.3. The standard InChI is InChI=1S/C20H24O5/c21-19(15-25-14-17-9-5-2-6-10-17)18(20(22)23)11-12-24-13-16-7-3-1-4-8-16/h1-10,18-19,21H,11-15H2,(H,22,23)/t18-,19+/m1/s1. The van der Waals surface area contributed by atoms with Crippen LogP contribution in [0.25, 0.3) is 0 Å². The molecule has 0 spiro atoms. The fourth-order valence-electron chi connectivity index (χ4n) is 2.44. The molecule has 0 saturated carbocycles. The lowest BCUT2D eigenvalue weighted by Crippen LogP contribution is -2.33. The monoisotopic (exact) mass is 344 g/mol. The molecule has 2 rings (SSSR count). The Hall–Kier alpha value is -2.21. The van der Waals surface area contributed by atoms with Gasteiger partial charge in [-0.1, -0.05) is 60.7 Å². The van der Waals surface area contributed by atoms with Crippen molar-refractivity contribution in [2.24, 2.45) is 5.92 Å². The fourth-order valence-corrected chi connectivity index (χ4v) is 2.44. The molecule has 2 aromatic carbocycles. The average molecular weight is 344 g/mol. The van der Waals surface area contributed by atoms with Gasteiger partial charge in [0.25, 0.3) is 0 Å². The van der Waals surface area contributed by atoms with E-state index in [0.29, 0.717) is 13.2 Å². The molecular weight excluding hydrogens is 320 g/mol. The van der Waals surface area contributed by atoms with Gasteiger partial charge in [0, 0.05) is 6.61 Å². The summed E-state index contributed by atoms with van der Waals surface area (Å²) in [5.74, 6) is -1.95. The zero-order chi connectivity index (χ0) is 17.9. The van der Waals surface area contributed by atoms with E-state index in [0.717, 1.165) is 11.1 Å². The lowest BCUT2D eigenvalue weighted by molar-refractivity contribution is -0.148. The maximum atomic E-state index is 11.4. The minimum atomic E-state index is -1.07. The highest BCUT2D eigenvalue weighted by molar-refractivity contribution is 5.70. The summed E-state index contributed by atoms with van der Waals surface area (Å²) in [5, 5.41) is 19.4. The molecule has 0 aliphatic rings. The Bertz CT molecular complexity index is 614. The maximum absolute atomic E-state index is 11.4. The van der Waals surface area contributed by atoms with E-state index in [2.05, 4.69) is 0 Å². The summed E-state index contributed by atoms with van der Waals surface area (Å²) in [5.41, 5.74) is 2.01. The molecule has 2 aromatic rings. The Kier molecular flexibility index (Phi) is 8.12. The Balaban J connectivity index is 1.70. The third-order valence-electron chi connectivity index (χ3n) is 3.87. The molecule has 5 nitrogen and oxygen atoms in total. The van der Waals surface area contributed by atoms with Crippen molar-refractivity contribution in [2.75, 3.05) is 13.2 Å². The quantitative estimate of drug-likeness (QED) is 0.613. The van der Waals surface area contributed by atoms with E-state index in [1.807, 2.05) is 60.7 Å². The molecule has 0 heterocycles. The summed E-state index contributed by atoms with van der Waals surface area (Å²) < 4.78 is 10.9. The number of aliphatic hydroxyl groups excluding tert-OH is 1. The molecule has 134 valence electrons. The molecule has 2 N–H and O–H groups in total. The summed E-state index contributed by atoms with van der Waals surface area (Å²) in [6, 6.07) is 19.2. The predicted octanol–water partition coefficient (Wildman–Crippen LogP) is 2.87. The van der Waals surface area contributed by atoms with Gasteiger partial charge in [-0.15, -0.1) is 0 Å². The lowest BCUT2D eigenvalue weighted by atomic mass is 10.00. The van der Waals surface area contributed by atoms with Crippen molar-refractivity contribution >= 4 is 5.97 Å². The van der Waals surface area contributed by atoms with Gasteiger partial charge in [0.05, 0.1) is 31.8 Å². The van der Waals surface area contributed by atoms with Crippen LogP contribution in [0, 0.1) is 5.92 Å². The molecule has 0 amide bonds. The number of hydrogen-bond acceptors (Lipinski definition) is 4. The highest BCUT2D eigenvalue weighted by Gasteiger charge is 2.26. The van der Waals surface area contributed by atoms with Gasteiger partial charge >= 0.3 is 5.97 Å². The van der Waals surface area contributed by atoms with Crippen molar-refractivity contribution < 1.29 is 24.5 Å². The summed E-state index contributed by atoms with van der Waals surface area (Å²) in [6.07, 6.45) is -0.834. The number of carboxylic acids is 1. The van der Waals surface area contributed by atoms with Crippen LogP contribution in [0.4, 0.5) is 0 Å². The second kappa shape index (κ2) is 10.6. The Morgan fingerprint density at radius 3 is 1.92 bits per heavy atom. The van der Waals surface area contributed by atoms with Crippen LogP contribution >= 0.6 is 0 Å². The zero-order valence-electron chi connectivity index (χ0n) is 14.1. The molecule has 0 aliphatic carbocycles. The number of aliphatic carboxylic acids is 1. The average Bonchev–Trinajstić information content (AvgIpc) is 2.63. The van der Waals surface area contributed by atoms with Crippen molar-refractivity contribution in [1.82, 2.24) is 0 Å². The third-order valence-corrected chi connectivity index (χ3v) is 3.87. The largest absolute Gasteiger partial charge is 0.481 e. The second-order valence-corrected chi connectivity index (χ2v) is 5.84. The van der Waals surface area contributed by atoms with Crippen LogP contribution in [0.2, 0.25) is 0 Å². The van der Waals surface area contributed by atoms with Crippen molar-refractivity contribution in [3.05, 3.63) is 71.8 Å². The van der Waals surface area contributed by atoms with Gasteiger partial charge in [0.1, 0.15) is 0 Å². The van der Waals surface area contributed by atoms with Gasteiger partial charge in [-0.05, 0) is 17.5 Å². The number of ether oxygens (including phenoxy) is 2. The van der Waals surface area contributed by atoms with Gasteiger partial charge in [-0.2, -0.15) is 0 Å². The van der Waals surface area contributed by atoms with Gasteiger partial charge in [0.15, 0.2) is 0 Å². The van der Waals surface area contributed by atoms with Gasteiger partial charge in [-0.25, -0.2) is 0 Å². The molecule has 0 unspecified atom stereocenters. The summed E-state index contributed by atoms with van der Waals surface area (Å²) in [6.45, 7) is 1.01. The summed E-state index contributed by atoms with van der Waals surface area (Å²) in [4.78, 5) is 11.4. The Morgan fingerprint density at radius 1 is 0.880 bits per heavy atom. The van der Waals surface area contributed by atoms with E-state index in [1.165, 1.54) is 0 Å². The topological polar surface area (TPSA) is 76.0 Å². The van der Waals surface area contributed by atoms with Crippen LogP contribution in [0.5, 0.6) is 0 Å². The van der Waals surface area contributed by atoms with Gasteiger partial charge in [-0.3, -0.25) is 4.79 Å². The second-order valence-electron chi connectivity index (χ2n) is 5.84. The van der Waals surface area contributed by atoms with E-state index in [1.54, 1.807) is 0 Å². The van der Waals surface area contributed by atoms with Crippen LogP contribution in [0.3, 0.4) is 0 Å². The molecular formula is C20H24O5. The highest BCUT2D eigenvalue weighted by Crippen LogP contribution is 2.13. The van der Waals surface area contributed by atoms with Gasteiger partial charge < -0.3 is 19.7 Å². The van der Waals surface area contributed by atoms with Crippen LogP contribution in [0.15, 0.2) is 60.7 Å². The van der Waals surface area contributed by atoms with Crippen molar-refractivity contribution in [3.8, 4) is 0 Å².